The molecular weight excluding hydrogens is 270 g/mol. The maximum Gasteiger partial charge on any atom is 0.236 e. The highest BCUT2D eigenvalue weighted by Gasteiger charge is 2.47. The molecule has 0 atom stereocenters. The van der Waals surface area contributed by atoms with E-state index in [1.165, 1.54) is 0 Å². The Kier molecular flexibility index (Phi) is 2.26. The normalized spacial score (nSPS) is 21.9. The molecule has 5 heteroatoms. The van der Waals surface area contributed by atoms with E-state index < -0.39 is 0 Å². The summed E-state index contributed by atoms with van der Waals surface area (Å²) in [6.45, 7) is 1.78. The number of pyridine rings is 1. The molecule has 84 valence electrons. The molecule has 2 N–H and O–H groups in total. The van der Waals surface area contributed by atoms with Gasteiger partial charge in [-0.2, -0.15) is 0 Å². The van der Waals surface area contributed by atoms with E-state index in [2.05, 4.69) is 31.5 Å². The van der Waals surface area contributed by atoms with E-state index in [-0.39, 0.29) is 11.3 Å². The first-order chi connectivity index (χ1) is 7.72. The Morgan fingerprint density at radius 3 is 2.88 bits per heavy atom. The van der Waals surface area contributed by atoms with Crippen LogP contribution in [0.15, 0.2) is 16.7 Å². The summed E-state index contributed by atoms with van der Waals surface area (Å²) in [7, 11) is 0. The Morgan fingerprint density at radius 2 is 2.12 bits per heavy atom. The summed E-state index contributed by atoms with van der Waals surface area (Å²) in [5, 5.41) is 6.18. The average Bonchev–Trinajstić information content (AvgIpc) is 2.55. The molecule has 1 saturated heterocycles. The third kappa shape index (κ3) is 1.31. The number of piperidine rings is 1. The third-order valence-electron chi connectivity index (χ3n) is 3.49. The number of nitrogens with zero attached hydrogens (tertiary/aromatic N) is 1. The molecule has 3 heterocycles. The fourth-order valence-corrected chi connectivity index (χ4v) is 2.93. The number of rotatable bonds is 0. The second-order valence-electron chi connectivity index (χ2n) is 4.34. The Morgan fingerprint density at radius 1 is 1.38 bits per heavy atom. The van der Waals surface area contributed by atoms with Gasteiger partial charge in [0.1, 0.15) is 5.82 Å². The number of carbonyl (C=O) groups is 1. The highest BCUT2D eigenvalue weighted by molar-refractivity contribution is 9.10. The molecule has 2 aliphatic rings. The standard InChI is InChI=1S/C11H12BrN3O/c12-7-5-8-9(14-6-7)15-10(16)11(8)1-3-13-4-2-11/h5-6,13H,1-4H2,(H,14,15,16). The van der Waals surface area contributed by atoms with Crippen LogP contribution in [0.1, 0.15) is 18.4 Å². The molecule has 0 aromatic carbocycles. The maximum absolute atomic E-state index is 12.1. The van der Waals surface area contributed by atoms with Gasteiger partial charge in [-0.25, -0.2) is 4.98 Å². The van der Waals surface area contributed by atoms with E-state index in [9.17, 15) is 4.79 Å². The topological polar surface area (TPSA) is 54.0 Å². The number of hydrogen-bond donors (Lipinski definition) is 2. The van der Waals surface area contributed by atoms with Crippen molar-refractivity contribution in [2.75, 3.05) is 18.4 Å². The van der Waals surface area contributed by atoms with Crippen molar-refractivity contribution in [3.63, 3.8) is 0 Å². The molecule has 0 bridgehead atoms. The lowest BCUT2D eigenvalue weighted by molar-refractivity contribution is -0.121. The summed E-state index contributed by atoms with van der Waals surface area (Å²) in [6, 6.07) is 2.02. The highest BCUT2D eigenvalue weighted by Crippen LogP contribution is 2.43. The van der Waals surface area contributed by atoms with Gasteiger partial charge in [-0.05, 0) is 47.9 Å². The molecule has 1 aromatic rings. The van der Waals surface area contributed by atoms with Gasteiger partial charge in [0.25, 0.3) is 0 Å². The minimum Gasteiger partial charge on any atom is -0.317 e. The van der Waals surface area contributed by atoms with E-state index in [0.29, 0.717) is 0 Å². The van der Waals surface area contributed by atoms with E-state index in [1.54, 1.807) is 6.20 Å². The summed E-state index contributed by atoms with van der Waals surface area (Å²) in [6.07, 6.45) is 3.42. The van der Waals surface area contributed by atoms with Crippen LogP contribution in [-0.2, 0) is 10.2 Å². The Hall–Kier alpha value is -0.940. The molecule has 0 aliphatic carbocycles. The van der Waals surface area contributed by atoms with Crippen LogP contribution in [-0.4, -0.2) is 24.0 Å². The number of halogens is 1. The maximum atomic E-state index is 12.1. The quantitative estimate of drug-likeness (QED) is 0.756. The lowest BCUT2D eigenvalue weighted by atomic mass is 9.75. The lowest BCUT2D eigenvalue weighted by Gasteiger charge is -2.31. The van der Waals surface area contributed by atoms with Crippen molar-refractivity contribution in [2.45, 2.75) is 18.3 Å². The molecule has 16 heavy (non-hydrogen) atoms. The Labute approximate surface area is 102 Å². The summed E-state index contributed by atoms with van der Waals surface area (Å²) >= 11 is 3.42. The van der Waals surface area contributed by atoms with E-state index >= 15 is 0 Å². The molecule has 1 spiro atoms. The zero-order chi connectivity index (χ0) is 11.2. The van der Waals surface area contributed by atoms with Crippen LogP contribution in [0.3, 0.4) is 0 Å². The van der Waals surface area contributed by atoms with Gasteiger partial charge in [-0.15, -0.1) is 0 Å². The minimum atomic E-state index is -0.350. The number of hydrogen-bond acceptors (Lipinski definition) is 3. The molecule has 3 rings (SSSR count). The molecule has 1 aromatic heterocycles. The second kappa shape index (κ2) is 3.53. The first-order valence-corrected chi connectivity index (χ1v) is 6.20. The molecule has 0 radical (unpaired) electrons. The van der Waals surface area contributed by atoms with Crippen LogP contribution in [0.2, 0.25) is 0 Å². The van der Waals surface area contributed by atoms with Gasteiger partial charge in [-0.3, -0.25) is 4.79 Å². The molecule has 4 nitrogen and oxygen atoms in total. The van der Waals surface area contributed by atoms with Crippen LogP contribution in [0.5, 0.6) is 0 Å². The van der Waals surface area contributed by atoms with Crippen LogP contribution in [0.4, 0.5) is 5.82 Å². The molecule has 1 fully saturated rings. The Bertz CT molecular complexity index is 455. The smallest absolute Gasteiger partial charge is 0.236 e. The third-order valence-corrected chi connectivity index (χ3v) is 3.93. The van der Waals surface area contributed by atoms with Crippen molar-refractivity contribution in [2.24, 2.45) is 0 Å². The predicted octanol–water partition coefficient (Wildman–Crippen LogP) is 1.42. The lowest BCUT2D eigenvalue weighted by Crippen LogP contribution is -2.44. The van der Waals surface area contributed by atoms with Gasteiger partial charge in [0.05, 0.1) is 5.41 Å². The van der Waals surface area contributed by atoms with Crippen molar-refractivity contribution in [1.29, 1.82) is 0 Å². The molecule has 0 unspecified atom stereocenters. The molecule has 0 saturated carbocycles. The molecule has 1 amide bonds. The highest BCUT2D eigenvalue weighted by atomic mass is 79.9. The summed E-state index contributed by atoms with van der Waals surface area (Å²) in [5.74, 6) is 0.838. The predicted molar refractivity (Wildman–Crippen MR) is 64.3 cm³/mol. The SMILES string of the molecule is O=C1Nc2ncc(Br)cc2C12CCNCC2. The first-order valence-electron chi connectivity index (χ1n) is 5.41. The van der Waals surface area contributed by atoms with Gasteiger partial charge in [0, 0.05) is 16.2 Å². The first kappa shape index (κ1) is 10.2. The van der Waals surface area contributed by atoms with Crippen molar-refractivity contribution in [3.8, 4) is 0 Å². The van der Waals surface area contributed by atoms with Gasteiger partial charge >= 0.3 is 0 Å². The molecule has 2 aliphatic heterocycles. The zero-order valence-electron chi connectivity index (χ0n) is 8.72. The van der Waals surface area contributed by atoms with E-state index in [1.807, 2.05) is 6.07 Å². The summed E-state index contributed by atoms with van der Waals surface area (Å²) < 4.78 is 0.931. The summed E-state index contributed by atoms with van der Waals surface area (Å²) in [4.78, 5) is 16.4. The number of aromatic nitrogens is 1. The van der Waals surface area contributed by atoms with Crippen LogP contribution < -0.4 is 10.6 Å². The minimum absolute atomic E-state index is 0.106. The van der Waals surface area contributed by atoms with Gasteiger partial charge in [0.2, 0.25) is 5.91 Å². The van der Waals surface area contributed by atoms with E-state index in [0.717, 1.165) is 41.8 Å². The monoisotopic (exact) mass is 281 g/mol. The van der Waals surface area contributed by atoms with Gasteiger partial charge in [0.15, 0.2) is 0 Å². The largest absolute Gasteiger partial charge is 0.317 e. The van der Waals surface area contributed by atoms with Gasteiger partial charge in [-0.1, -0.05) is 0 Å². The second-order valence-corrected chi connectivity index (χ2v) is 5.25. The fraction of sp³-hybridized carbons (Fsp3) is 0.455. The number of anilines is 1. The average molecular weight is 282 g/mol. The van der Waals surface area contributed by atoms with Crippen molar-refractivity contribution in [3.05, 3.63) is 22.3 Å². The number of nitrogens with one attached hydrogen (secondary N) is 2. The summed E-state index contributed by atoms with van der Waals surface area (Å²) in [5.41, 5.74) is 0.700. The number of amides is 1. The van der Waals surface area contributed by atoms with Gasteiger partial charge < -0.3 is 10.6 Å². The van der Waals surface area contributed by atoms with Crippen LogP contribution >= 0.6 is 15.9 Å². The van der Waals surface area contributed by atoms with Crippen molar-refractivity contribution in [1.82, 2.24) is 10.3 Å². The van der Waals surface area contributed by atoms with E-state index in [4.69, 9.17) is 0 Å². The Balaban J connectivity index is 2.13. The fourth-order valence-electron chi connectivity index (χ4n) is 2.60. The van der Waals surface area contributed by atoms with Crippen molar-refractivity contribution >= 4 is 27.7 Å². The van der Waals surface area contributed by atoms with Crippen LogP contribution in [0, 0.1) is 0 Å². The number of carbonyl (C=O) groups excluding carboxylic acids is 1. The number of fused-ring (bicyclic) bond motifs is 2. The molecular formula is C11H12BrN3O. The van der Waals surface area contributed by atoms with Crippen molar-refractivity contribution < 1.29 is 4.79 Å². The van der Waals surface area contributed by atoms with Crippen LogP contribution in [0.25, 0.3) is 0 Å². The zero-order valence-corrected chi connectivity index (χ0v) is 10.3.